The Morgan fingerprint density at radius 1 is 1.08 bits per heavy atom. The van der Waals surface area contributed by atoms with Gasteiger partial charge >= 0.3 is 6.18 Å². The maximum Gasteiger partial charge on any atom is 0.416 e. The van der Waals surface area contributed by atoms with Crippen LogP contribution in [0.5, 0.6) is 0 Å². The summed E-state index contributed by atoms with van der Waals surface area (Å²) in [6.07, 6.45) is -4.34. The van der Waals surface area contributed by atoms with Gasteiger partial charge in [0.05, 0.1) is 5.56 Å². The van der Waals surface area contributed by atoms with Gasteiger partial charge in [-0.25, -0.2) is 0 Å². The van der Waals surface area contributed by atoms with Gasteiger partial charge in [-0.05, 0) is 48.1 Å². The molecule has 0 unspecified atom stereocenters. The molecular weight excluding hydrogens is 389 g/mol. The molecule has 2 aromatic carbocycles. The molecule has 0 aromatic heterocycles. The molecule has 0 aliphatic heterocycles. The Balaban J connectivity index is 1.68. The SMILES string of the molecule is FC(F)(F)c1ccc(NC(=S)NCCSCc2ccccc2Cl)cc1. The van der Waals surface area contributed by atoms with E-state index in [0.29, 0.717) is 17.3 Å². The lowest BCUT2D eigenvalue weighted by molar-refractivity contribution is -0.137. The van der Waals surface area contributed by atoms with Crippen molar-refractivity contribution in [1.82, 2.24) is 5.32 Å². The van der Waals surface area contributed by atoms with Crippen LogP contribution in [0.15, 0.2) is 48.5 Å². The van der Waals surface area contributed by atoms with Crippen LogP contribution in [-0.4, -0.2) is 17.4 Å². The summed E-state index contributed by atoms with van der Waals surface area (Å²) in [5.74, 6) is 1.63. The van der Waals surface area contributed by atoms with Crippen LogP contribution in [0.1, 0.15) is 11.1 Å². The van der Waals surface area contributed by atoms with Crippen LogP contribution in [0.2, 0.25) is 5.02 Å². The Hall–Kier alpha value is -1.44. The third kappa shape index (κ3) is 6.76. The van der Waals surface area contributed by atoms with Crippen LogP contribution in [0.3, 0.4) is 0 Å². The Labute approximate surface area is 159 Å². The summed E-state index contributed by atoms with van der Waals surface area (Å²) in [5.41, 5.74) is 0.904. The van der Waals surface area contributed by atoms with E-state index in [1.165, 1.54) is 12.1 Å². The van der Waals surface area contributed by atoms with Crippen LogP contribution < -0.4 is 10.6 Å². The largest absolute Gasteiger partial charge is 0.416 e. The number of halogens is 4. The molecule has 0 aliphatic rings. The third-order valence-electron chi connectivity index (χ3n) is 3.22. The minimum absolute atomic E-state index is 0.373. The van der Waals surface area contributed by atoms with Gasteiger partial charge < -0.3 is 10.6 Å². The molecule has 0 amide bonds. The minimum Gasteiger partial charge on any atom is -0.362 e. The summed E-state index contributed by atoms with van der Waals surface area (Å²) in [6, 6.07) is 12.4. The van der Waals surface area contributed by atoms with Gasteiger partial charge in [0.2, 0.25) is 0 Å². The molecule has 2 aromatic rings. The summed E-state index contributed by atoms with van der Waals surface area (Å²) < 4.78 is 37.5. The van der Waals surface area contributed by atoms with Gasteiger partial charge in [0.1, 0.15) is 0 Å². The van der Waals surface area contributed by atoms with Crippen LogP contribution in [0, 0.1) is 0 Å². The molecule has 8 heteroatoms. The van der Waals surface area contributed by atoms with E-state index in [9.17, 15) is 13.2 Å². The summed E-state index contributed by atoms with van der Waals surface area (Å²) in [6.45, 7) is 0.640. The van der Waals surface area contributed by atoms with Gasteiger partial charge in [0, 0.05) is 28.8 Å². The van der Waals surface area contributed by atoms with E-state index in [0.717, 1.165) is 34.2 Å². The zero-order chi connectivity index (χ0) is 18.3. The lowest BCUT2D eigenvalue weighted by atomic mass is 10.2. The molecule has 0 heterocycles. The molecule has 2 nitrogen and oxygen atoms in total. The van der Waals surface area contributed by atoms with E-state index in [1.54, 1.807) is 11.8 Å². The lowest BCUT2D eigenvalue weighted by Gasteiger charge is -2.12. The van der Waals surface area contributed by atoms with Crippen molar-refractivity contribution < 1.29 is 13.2 Å². The number of anilines is 1. The first-order valence-electron chi connectivity index (χ1n) is 7.39. The monoisotopic (exact) mass is 404 g/mol. The zero-order valence-electron chi connectivity index (χ0n) is 13.1. The van der Waals surface area contributed by atoms with Gasteiger partial charge in [-0.1, -0.05) is 29.8 Å². The second-order valence-corrected chi connectivity index (χ2v) is 7.02. The number of hydrogen-bond acceptors (Lipinski definition) is 2. The Bertz CT molecular complexity index is 706. The molecule has 0 spiro atoms. The van der Waals surface area contributed by atoms with Crippen molar-refractivity contribution in [2.24, 2.45) is 0 Å². The zero-order valence-corrected chi connectivity index (χ0v) is 15.5. The molecule has 2 N–H and O–H groups in total. The van der Waals surface area contributed by atoms with Crippen LogP contribution in [0.25, 0.3) is 0 Å². The average molecular weight is 405 g/mol. The van der Waals surface area contributed by atoms with Crippen molar-refractivity contribution in [3.8, 4) is 0 Å². The van der Waals surface area contributed by atoms with Crippen molar-refractivity contribution in [2.45, 2.75) is 11.9 Å². The summed E-state index contributed by atoms with van der Waals surface area (Å²) in [7, 11) is 0. The lowest BCUT2D eigenvalue weighted by Crippen LogP contribution is -2.30. The van der Waals surface area contributed by atoms with Crippen molar-refractivity contribution >= 4 is 46.4 Å². The van der Waals surface area contributed by atoms with E-state index in [4.69, 9.17) is 23.8 Å². The highest BCUT2D eigenvalue weighted by Gasteiger charge is 2.29. The normalized spacial score (nSPS) is 11.2. The first-order valence-corrected chi connectivity index (χ1v) is 9.33. The molecule has 0 fully saturated rings. The highest BCUT2D eigenvalue weighted by molar-refractivity contribution is 7.98. The second kappa shape index (κ2) is 9.31. The fourth-order valence-electron chi connectivity index (χ4n) is 1.95. The third-order valence-corrected chi connectivity index (χ3v) is 4.84. The fourth-order valence-corrected chi connectivity index (χ4v) is 3.32. The average Bonchev–Trinajstić information content (AvgIpc) is 2.56. The summed E-state index contributed by atoms with van der Waals surface area (Å²) in [5, 5.41) is 7.01. The quantitative estimate of drug-likeness (QED) is 0.485. The van der Waals surface area contributed by atoms with Gasteiger partial charge in [0.25, 0.3) is 0 Å². The Kier molecular flexibility index (Phi) is 7.40. The predicted octanol–water partition coefficient (Wildman–Crippen LogP) is 5.58. The van der Waals surface area contributed by atoms with Crippen LogP contribution >= 0.6 is 35.6 Å². The standard InChI is InChI=1S/C17H16ClF3N2S2/c18-15-4-2-1-3-12(15)11-25-10-9-22-16(24)23-14-7-5-13(6-8-14)17(19,20)21/h1-8H,9-11H2,(H2,22,23,24). The molecule has 0 atom stereocenters. The number of thioether (sulfide) groups is 1. The molecule has 0 radical (unpaired) electrons. The number of alkyl halides is 3. The Morgan fingerprint density at radius 2 is 1.76 bits per heavy atom. The van der Waals surface area contributed by atoms with E-state index >= 15 is 0 Å². The maximum atomic E-state index is 12.5. The van der Waals surface area contributed by atoms with Crippen LogP contribution in [0.4, 0.5) is 18.9 Å². The highest BCUT2D eigenvalue weighted by Crippen LogP contribution is 2.29. The smallest absolute Gasteiger partial charge is 0.362 e. The number of thiocarbonyl (C=S) groups is 1. The van der Waals surface area contributed by atoms with Gasteiger partial charge in [-0.3, -0.25) is 0 Å². The predicted molar refractivity (Wildman–Crippen MR) is 103 cm³/mol. The molecule has 0 saturated heterocycles. The number of rotatable bonds is 6. The van der Waals surface area contributed by atoms with Gasteiger partial charge in [0.15, 0.2) is 5.11 Å². The van der Waals surface area contributed by atoms with Crippen molar-refractivity contribution in [3.05, 3.63) is 64.7 Å². The molecule has 0 saturated carbocycles. The van der Waals surface area contributed by atoms with Crippen molar-refractivity contribution in [1.29, 1.82) is 0 Å². The van der Waals surface area contributed by atoms with E-state index in [-0.39, 0.29) is 0 Å². The minimum atomic E-state index is -4.34. The fraction of sp³-hybridized carbons (Fsp3) is 0.235. The van der Waals surface area contributed by atoms with Gasteiger partial charge in [-0.15, -0.1) is 0 Å². The highest BCUT2D eigenvalue weighted by atomic mass is 35.5. The molecule has 0 aliphatic carbocycles. The first kappa shape index (κ1) is 19.9. The number of hydrogen-bond donors (Lipinski definition) is 2. The van der Waals surface area contributed by atoms with Crippen molar-refractivity contribution in [3.63, 3.8) is 0 Å². The van der Waals surface area contributed by atoms with Crippen LogP contribution in [-0.2, 0) is 11.9 Å². The number of benzene rings is 2. The van der Waals surface area contributed by atoms with E-state index in [1.807, 2.05) is 24.3 Å². The topological polar surface area (TPSA) is 24.1 Å². The molecule has 25 heavy (non-hydrogen) atoms. The first-order chi connectivity index (χ1) is 11.9. The molecule has 2 rings (SSSR count). The summed E-state index contributed by atoms with van der Waals surface area (Å²) in [4.78, 5) is 0. The van der Waals surface area contributed by atoms with Crippen molar-refractivity contribution in [2.75, 3.05) is 17.6 Å². The molecule has 0 bridgehead atoms. The second-order valence-electron chi connectivity index (χ2n) is 5.10. The Morgan fingerprint density at radius 3 is 2.40 bits per heavy atom. The number of nitrogens with one attached hydrogen (secondary N) is 2. The maximum absolute atomic E-state index is 12.5. The van der Waals surface area contributed by atoms with Gasteiger partial charge in [-0.2, -0.15) is 24.9 Å². The van der Waals surface area contributed by atoms with E-state index in [2.05, 4.69) is 10.6 Å². The molecule has 134 valence electrons. The molecular formula is C17H16ClF3N2S2. The van der Waals surface area contributed by atoms with E-state index < -0.39 is 11.7 Å². The summed E-state index contributed by atoms with van der Waals surface area (Å²) >= 11 is 12.9.